The molecule has 4 rings (SSSR count). The van der Waals surface area contributed by atoms with Crippen LogP contribution in [0.5, 0.6) is 11.5 Å². The number of anilines is 4. The Kier molecular flexibility index (Phi) is 4.92. The summed E-state index contributed by atoms with van der Waals surface area (Å²) in [6.45, 7) is 1.07. The maximum absolute atomic E-state index is 11.9. The summed E-state index contributed by atoms with van der Waals surface area (Å²) >= 11 is 0. The van der Waals surface area contributed by atoms with E-state index in [9.17, 15) is 4.79 Å². The summed E-state index contributed by atoms with van der Waals surface area (Å²) in [4.78, 5) is 20.4. The average Bonchev–Trinajstić information content (AvgIpc) is 2.74. The van der Waals surface area contributed by atoms with Crippen LogP contribution in [0.25, 0.3) is 0 Å². The van der Waals surface area contributed by atoms with Crippen molar-refractivity contribution in [2.45, 2.75) is 0 Å². The molecule has 0 atom stereocenters. The zero-order valence-corrected chi connectivity index (χ0v) is 15.1. The number of nitrogens with zero attached hydrogens (tertiary/aromatic N) is 2. The minimum Gasteiger partial charge on any atom is -0.486 e. The molecule has 1 aliphatic rings. The number of hydrogen-bond acceptors (Lipinski definition) is 8. The fraction of sp³-hybridized carbons (Fsp3) is 0.150. The standard InChI is InChI=1S/C20H18N4O4/c1-26-20(25)14-4-2-3-5-15(14)24-19-11-18(21-12-22-19)23-13-6-7-16-17(10-13)28-9-8-27-16/h2-7,10-12H,8-9H2,1H3,(H2,21,22,23,24). The molecule has 2 heterocycles. The van der Waals surface area contributed by atoms with Crippen molar-refractivity contribution in [2.24, 2.45) is 0 Å². The Bertz CT molecular complexity index is 1010. The topological polar surface area (TPSA) is 94.6 Å². The highest BCUT2D eigenvalue weighted by atomic mass is 16.6. The van der Waals surface area contributed by atoms with Crippen molar-refractivity contribution < 1.29 is 19.0 Å². The number of esters is 1. The Morgan fingerprint density at radius 3 is 2.54 bits per heavy atom. The fourth-order valence-electron chi connectivity index (χ4n) is 2.78. The minimum absolute atomic E-state index is 0.421. The zero-order chi connectivity index (χ0) is 19.3. The third-order valence-electron chi connectivity index (χ3n) is 4.08. The highest BCUT2D eigenvalue weighted by Crippen LogP contribution is 2.33. The maximum atomic E-state index is 11.9. The van der Waals surface area contributed by atoms with Gasteiger partial charge in [-0.1, -0.05) is 12.1 Å². The van der Waals surface area contributed by atoms with Gasteiger partial charge < -0.3 is 24.8 Å². The summed E-state index contributed by atoms with van der Waals surface area (Å²) in [5.41, 5.74) is 1.83. The maximum Gasteiger partial charge on any atom is 0.339 e. The third kappa shape index (κ3) is 3.80. The van der Waals surface area contributed by atoms with Crippen LogP contribution >= 0.6 is 0 Å². The normalized spacial score (nSPS) is 12.2. The molecule has 1 aromatic heterocycles. The molecule has 8 nitrogen and oxygen atoms in total. The molecule has 8 heteroatoms. The van der Waals surface area contributed by atoms with Gasteiger partial charge in [-0.25, -0.2) is 14.8 Å². The number of aromatic nitrogens is 2. The number of fused-ring (bicyclic) bond motifs is 1. The first-order valence-corrected chi connectivity index (χ1v) is 8.66. The molecule has 1 aliphatic heterocycles. The van der Waals surface area contributed by atoms with Crippen LogP contribution in [0.2, 0.25) is 0 Å². The molecular formula is C20H18N4O4. The molecule has 0 amide bonds. The average molecular weight is 378 g/mol. The van der Waals surface area contributed by atoms with Crippen LogP contribution in [0.3, 0.4) is 0 Å². The molecule has 0 fully saturated rings. The van der Waals surface area contributed by atoms with Crippen LogP contribution in [-0.2, 0) is 4.74 Å². The molecule has 0 unspecified atom stereocenters. The Morgan fingerprint density at radius 1 is 0.964 bits per heavy atom. The lowest BCUT2D eigenvalue weighted by atomic mass is 10.2. The number of hydrogen-bond donors (Lipinski definition) is 2. The second kappa shape index (κ2) is 7.83. The SMILES string of the molecule is COC(=O)c1ccccc1Nc1cc(Nc2ccc3c(c2)OCCO3)ncn1. The smallest absolute Gasteiger partial charge is 0.339 e. The summed E-state index contributed by atoms with van der Waals surface area (Å²) in [7, 11) is 1.35. The van der Waals surface area contributed by atoms with Crippen molar-refractivity contribution in [3.8, 4) is 11.5 Å². The molecular weight excluding hydrogens is 360 g/mol. The van der Waals surface area contributed by atoms with Gasteiger partial charge in [-0.05, 0) is 24.3 Å². The summed E-state index contributed by atoms with van der Waals surface area (Å²) in [6.07, 6.45) is 1.43. The number of methoxy groups -OCH3 is 1. The van der Waals surface area contributed by atoms with Gasteiger partial charge in [0, 0.05) is 17.8 Å². The van der Waals surface area contributed by atoms with E-state index in [1.54, 1.807) is 24.3 Å². The zero-order valence-electron chi connectivity index (χ0n) is 15.1. The van der Waals surface area contributed by atoms with E-state index in [-0.39, 0.29) is 0 Å². The number of benzene rings is 2. The van der Waals surface area contributed by atoms with Crippen LogP contribution in [0.1, 0.15) is 10.4 Å². The van der Waals surface area contributed by atoms with Crippen molar-refractivity contribution in [3.05, 3.63) is 60.4 Å². The summed E-state index contributed by atoms with van der Waals surface area (Å²) in [5.74, 6) is 2.11. The molecule has 28 heavy (non-hydrogen) atoms. The highest BCUT2D eigenvalue weighted by molar-refractivity contribution is 5.96. The Labute approximate surface area is 161 Å². The number of para-hydroxylation sites is 1. The Balaban J connectivity index is 1.53. The summed E-state index contributed by atoms with van der Waals surface area (Å²) < 4.78 is 15.9. The number of rotatable bonds is 5. The molecule has 0 aliphatic carbocycles. The molecule has 0 saturated heterocycles. The van der Waals surface area contributed by atoms with Gasteiger partial charge in [0.25, 0.3) is 0 Å². The van der Waals surface area contributed by atoms with Gasteiger partial charge in [0.05, 0.1) is 18.4 Å². The van der Waals surface area contributed by atoms with E-state index in [1.165, 1.54) is 13.4 Å². The van der Waals surface area contributed by atoms with Crippen LogP contribution in [0.15, 0.2) is 54.9 Å². The van der Waals surface area contributed by atoms with Gasteiger partial charge in [0.15, 0.2) is 11.5 Å². The molecule has 0 spiro atoms. The van der Waals surface area contributed by atoms with Gasteiger partial charge in [0.1, 0.15) is 31.2 Å². The molecule has 2 N–H and O–H groups in total. The van der Waals surface area contributed by atoms with Crippen LogP contribution < -0.4 is 20.1 Å². The van der Waals surface area contributed by atoms with Gasteiger partial charge in [-0.2, -0.15) is 0 Å². The number of carbonyl (C=O) groups is 1. The van der Waals surface area contributed by atoms with Crippen LogP contribution in [0, 0.1) is 0 Å². The predicted molar refractivity (Wildman–Crippen MR) is 104 cm³/mol. The predicted octanol–water partition coefficient (Wildman–Crippen LogP) is 3.52. The lowest BCUT2D eigenvalue weighted by Gasteiger charge is -2.19. The van der Waals surface area contributed by atoms with Crippen LogP contribution in [-0.4, -0.2) is 36.3 Å². The lowest BCUT2D eigenvalue weighted by Crippen LogP contribution is -2.15. The van der Waals surface area contributed by atoms with Gasteiger partial charge in [0.2, 0.25) is 0 Å². The van der Waals surface area contributed by atoms with E-state index in [0.29, 0.717) is 41.8 Å². The molecule has 0 saturated carbocycles. The fourth-order valence-corrected chi connectivity index (χ4v) is 2.78. The van der Waals surface area contributed by atoms with E-state index in [4.69, 9.17) is 14.2 Å². The van der Waals surface area contributed by atoms with Crippen molar-refractivity contribution in [2.75, 3.05) is 31.0 Å². The number of nitrogens with one attached hydrogen (secondary N) is 2. The summed E-state index contributed by atoms with van der Waals surface area (Å²) in [6, 6.07) is 14.4. The van der Waals surface area contributed by atoms with Crippen LogP contribution in [0.4, 0.5) is 23.0 Å². The molecule has 0 bridgehead atoms. The third-order valence-corrected chi connectivity index (χ3v) is 4.08. The first-order valence-electron chi connectivity index (χ1n) is 8.66. The summed E-state index contributed by atoms with van der Waals surface area (Å²) in [5, 5.41) is 6.34. The Morgan fingerprint density at radius 2 is 1.71 bits per heavy atom. The van der Waals surface area contributed by atoms with Gasteiger partial charge in [-0.15, -0.1) is 0 Å². The molecule has 2 aromatic carbocycles. The van der Waals surface area contributed by atoms with Gasteiger partial charge >= 0.3 is 5.97 Å². The van der Waals surface area contributed by atoms with E-state index < -0.39 is 5.97 Å². The number of ether oxygens (including phenoxy) is 3. The monoisotopic (exact) mass is 378 g/mol. The van der Waals surface area contributed by atoms with E-state index in [2.05, 4.69) is 20.6 Å². The van der Waals surface area contributed by atoms with E-state index in [1.807, 2.05) is 24.3 Å². The largest absolute Gasteiger partial charge is 0.486 e. The van der Waals surface area contributed by atoms with Crippen molar-refractivity contribution in [1.82, 2.24) is 9.97 Å². The first kappa shape index (κ1) is 17.6. The second-order valence-electron chi connectivity index (χ2n) is 5.93. The second-order valence-corrected chi connectivity index (χ2v) is 5.93. The minimum atomic E-state index is -0.424. The molecule has 3 aromatic rings. The van der Waals surface area contributed by atoms with E-state index >= 15 is 0 Å². The lowest BCUT2D eigenvalue weighted by molar-refractivity contribution is 0.0602. The van der Waals surface area contributed by atoms with Gasteiger partial charge in [-0.3, -0.25) is 0 Å². The quantitative estimate of drug-likeness (QED) is 0.651. The highest BCUT2D eigenvalue weighted by Gasteiger charge is 2.13. The van der Waals surface area contributed by atoms with Crippen molar-refractivity contribution in [1.29, 1.82) is 0 Å². The van der Waals surface area contributed by atoms with Crippen molar-refractivity contribution >= 4 is 29.0 Å². The first-order chi connectivity index (χ1) is 13.7. The number of carbonyl (C=O) groups excluding carboxylic acids is 1. The Hall–Kier alpha value is -3.81. The molecule has 0 radical (unpaired) electrons. The molecule has 142 valence electrons. The van der Waals surface area contributed by atoms with E-state index in [0.717, 1.165) is 11.4 Å². The van der Waals surface area contributed by atoms with Crippen molar-refractivity contribution in [3.63, 3.8) is 0 Å².